The number of carboxylic acids is 1. The van der Waals surface area contributed by atoms with Gasteiger partial charge in [-0.05, 0) is 62.3 Å². The summed E-state index contributed by atoms with van der Waals surface area (Å²) in [5.41, 5.74) is 5.07. The molecule has 4 heterocycles. The van der Waals surface area contributed by atoms with Crippen LogP contribution in [0, 0.1) is 12.8 Å². The van der Waals surface area contributed by atoms with Crippen LogP contribution in [0.1, 0.15) is 37.7 Å². The molecule has 0 aromatic carbocycles. The summed E-state index contributed by atoms with van der Waals surface area (Å²) in [5, 5.41) is 8.94. The number of aryl methyl sites for hydroxylation is 1. The molecule has 9 heteroatoms. The molecule has 0 amide bonds. The molecule has 33 heavy (non-hydrogen) atoms. The van der Waals surface area contributed by atoms with E-state index in [1.807, 2.05) is 25.1 Å². The fourth-order valence-corrected chi connectivity index (χ4v) is 4.21. The Balaban J connectivity index is 1.22. The van der Waals surface area contributed by atoms with Gasteiger partial charge in [-0.3, -0.25) is 9.78 Å². The second-order valence-electron chi connectivity index (χ2n) is 8.51. The van der Waals surface area contributed by atoms with E-state index in [0.717, 1.165) is 59.4 Å². The number of H-pyrrole nitrogens is 1. The van der Waals surface area contributed by atoms with Crippen molar-refractivity contribution < 1.29 is 14.6 Å². The van der Waals surface area contributed by atoms with Gasteiger partial charge in [0, 0.05) is 42.3 Å². The van der Waals surface area contributed by atoms with Crippen LogP contribution >= 0.6 is 0 Å². The number of aliphatic carboxylic acids is 1. The van der Waals surface area contributed by atoms with Crippen molar-refractivity contribution >= 4 is 17.1 Å². The molecule has 1 aliphatic carbocycles. The smallest absolute Gasteiger partial charge is 0.316 e. The minimum Gasteiger partial charge on any atom is -0.481 e. The van der Waals surface area contributed by atoms with Crippen molar-refractivity contribution in [2.75, 3.05) is 0 Å². The van der Waals surface area contributed by atoms with Gasteiger partial charge in [0.25, 0.3) is 0 Å². The number of hydrogen-bond donors (Lipinski definition) is 2. The maximum Gasteiger partial charge on any atom is 0.316 e. The van der Waals surface area contributed by atoms with E-state index in [-0.39, 0.29) is 18.4 Å². The molecule has 5 rings (SSSR count). The maximum absolute atomic E-state index is 10.9. The number of nitrogens with zero attached hydrogens (tertiary/aromatic N) is 5. The number of imidazole rings is 1. The Hall–Kier alpha value is -3.88. The molecule has 0 aliphatic heterocycles. The monoisotopic (exact) mass is 444 g/mol. The topological polar surface area (TPSA) is 127 Å². The molecule has 2 N–H and O–H groups in total. The summed E-state index contributed by atoms with van der Waals surface area (Å²) in [7, 11) is 0. The van der Waals surface area contributed by atoms with Gasteiger partial charge in [-0.15, -0.1) is 0 Å². The van der Waals surface area contributed by atoms with Crippen molar-refractivity contribution in [3.63, 3.8) is 0 Å². The Kier molecular flexibility index (Phi) is 5.68. The molecule has 0 atom stereocenters. The molecular weight excluding hydrogens is 420 g/mol. The van der Waals surface area contributed by atoms with Crippen molar-refractivity contribution in [2.45, 2.75) is 45.1 Å². The van der Waals surface area contributed by atoms with Crippen LogP contribution in [0.25, 0.3) is 33.8 Å². The third-order valence-electron chi connectivity index (χ3n) is 5.96. The first kappa shape index (κ1) is 21.0. The second-order valence-corrected chi connectivity index (χ2v) is 8.51. The molecule has 1 saturated carbocycles. The number of pyridine rings is 2. The van der Waals surface area contributed by atoms with Crippen LogP contribution in [0.3, 0.4) is 0 Å². The fourth-order valence-electron chi connectivity index (χ4n) is 4.21. The Morgan fingerprint density at radius 3 is 2.48 bits per heavy atom. The highest BCUT2D eigenvalue weighted by atomic mass is 16.5. The quantitative estimate of drug-likeness (QED) is 0.453. The third kappa shape index (κ3) is 4.82. The SMILES string of the molecule is Cc1cnc2nc(-c3ccc(-c4cnc(OC5CCC(CC(=O)O)CC5)nc4)nc3)[nH]c2c1. The molecule has 1 fully saturated rings. The molecule has 0 saturated heterocycles. The zero-order chi connectivity index (χ0) is 22.8. The Labute approximate surface area is 190 Å². The number of rotatable bonds is 6. The highest BCUT2D eigenvalue weighted by molar-refractivity contribution is 5.76. The van der Waals surface area contributed by atoms with Crippen LogP contribution in [-0.2, 0) is 4.79 Å². The van der Waals surface area contributed by atoms with Gasteiger partial charge >= 0.3 is 12.0 Å². The second kappa shape index (κ2) is 8.93. The van der Waals surface area contributed by atoms with Crippen molar-refractivity contribution in [3.05, 3.63) is 48.5 Å². The van der Waals surface area contributed by atoms with Crippen LogP contribution in [-0.4, -0.2) is 47.1 Å². The minimum atomic E-state index is -0.732. The summed E-state index contributed by atoms with van der Waals surface area (Å²) in [4.78, 5) is 36.2. The average molecular weight is 444 g/mol. The van der Waals surface area contributed by atoms with E-state index in [1.165, 1.54) is 0 Å². The molecule has 0 spiro atoms. The fraction of sp³-hybridized carbons (Fsp3) is 0.333. The molecule has 4 aromatic heterocycles. The first-order valence-corrected chi connectivity index (χ1v) is 11.0. The normalized spacial score (nSPS) is 18.3. The van der Waals surface area contributed by atoms with Gasteiger partial charge < -0.3 is 14.8 Å². The first-order valence-electron chi connectivity index (χ1n) is 11.0. The van der Waals surface area contributed by atoms with E-state index in [2.05, 4.69) is 29.9 Å². The van der Waals surface area contributed by atoms with Crippen LogP contribution < -0.4 is 4.74 Å². The van der Waals surface area contributed by atoms with Gasteiger partial charge in [0.15, 0.2) is 5.65 Å². The number of carboxylic acid groups (broad SMARTS) is 1. The van der Waals surface area contributed by atoms with Gasteiger partial charge in [0.1, 0.15) is 11.9 Å². The zero-order valence-corrected chi connectivity index (χ0v) is 18.2. The van der Waals surface area contributed by atoms with Gasteiger partial charge in [-0.1, -0.05) is 0 Å². The molecule has 1 aliphatic rings. The lowest BCUT2D eigenvalue weighted by atomic mass is 9.85. The van der Waals surface area contributed by atoms with Crippen LogP contribution in [0.5, 0.6) is 6.01 Å². The summed E-state index contributed by atoms with van der Waals surface area (Å²) in [5.74, 6) is 0.226. The van der Waals surface area contributed by atoms with Crippen molar-refractivity contribution in [3.8, 4) is 28.7 Å². The molecule has 4 aromatic rings. The highest BCUT2D eigenvalue weighted by Crippen LogP contribution is 2.29. The van der Waals surface area contributed by atoms with E-state index in [1.54, 1.807) is 24.8 Å². The predicted octanol–water partition coefficient (Wildman–Crippen LogP) is 4.20. The number of fused-ring (bicyclic) bond motifs is 1. The average Bonchev–Trinajstić information content (AvgIpc) is 3.24. The van der Waals surface area contributed by atoms with Gasteiger partial charge in [0.2, 0.25) is 0 Å². The maximum atomic E-state index is 10.9. The highest BCUT2D eigenvalue weighted by Gasteiger charge is 2.24. The third-order valence-corrected chi connectivity index (χ3v) is 5.96. The molecule has 0 unspecified atom stereocenters. The minimum absolute atomic E-state index is 0.0281. The van der Waals surface area contributed by atoms with Gasteiger partial charge in [-0.25, -0.2) is 19.9 Å². The van der Waals surface area contributed by atoms with Crippen LogP contribution in [0.15, 0.2) is 43.0 Å². The summed E-state index contributed by atoms with van der Waals surface area (Å²) >= 11 is 0. The number of nitrogens with one attached hydrogen (secondary N) is 1. The lowest BCUT2D eigenvalue weighted by molar-refractivity contribution is -0.138. The largest absolute Gasteiger partial charge is 0.481 e. The zero-order valence-electron chi connectivity index (χ0n) is 18.2. The lowest BCUT2D eigenvalue weighted by Crippen LogP contribution is -2.25. The lowest BCUT2D eigenvalue weighted by Gasteiger charge is -2.27. The Morgan fingerprint density at radius 1 is 1.03 bits per heavy atom. The van der Waals surface area contributed by atoms with E-state index < -0.39 is 5.97 Å². The molecular formula is C24H24N6O3. The number of ether oxygens (including phenoxy) is 1. The number of aromatic amines is 1. The number of carbonyl (C=O) groups is 1. The van der Waals surface area contributed by atoms with Gasteiger partial charge in [0.05, 0.1) is 11.2 Å². The molecule has 9 nitrogen and oxygen atoms in total. The van der Waals surface area contributed by atoms with Gasteiger partial charge in [-0.2, -0.15) is 0 Å². The Bertz CT molecular complexity index is 1260. The predicted molar refractivity (Wildman–Crippen MR) is 122 cm³/mol. The number of aromatic nitrogens is 6. The summed E-state index contributed by atoms with van der Waals surface area (Å²) in [6.45, 7) is 1.99. The molecule has 168 valence electrons. The molecule has 0 bridgehead atoms. The van der Waals surface area contributed by atoms with E-state index in [9.17, 15) is 4.79 Å². The number of hydrogen-bond acceptors (Lipinski definition) is 7. The van der Waals surface area contributed by atoms with Crippen LogP contribution in [0.4, 0.5) is 0 Å². The first-order chi connectivity index (χ1) is 16.0. The molecule has 0 radical (unpaired) electrons. The van der Waals surface area contributed by atoms with E-state index >= 15 is 0 Å². The standard InChI is InChI=1S/C24H24N6O3/c1-14-8-20-23(26-10-14)30-22(29-20)16-4-7-19(25-11-16)17-12-27-24(28-13-17)33-18-5-2-15(3-6-18)9-21(31)32/h4,7-8,10-13,15,18H,2-3,5-6,9H2,1H3,(H,31,32)(H,26,29,30). The Morgan fingerprint density at radius 2 is 1.79 bits per heavy atom. The summed E-state index contributed by atoms with van der Waals surface area (Å²) in [6.07, 6.45) is 10.6. The summed E-state index contributed by atoms with van der Waals surface area (Å²) < 4.78 is 5.91. The van der Waals surface area contributed by atoms with Crippen molar-refractivity contribution in [1.82, 2.24) is 29.9 Å². The van der Waals surface area contributed by atoms with Crippen LogP contribution in [0.2, 0.25) is 0 Å². The van der Waals surface area contributed by atoms with Crippen molar-refractivity contribution in [2.24, 2.45) is 5.92 Å². The summed E-state index contributed by atoms with van der Waals surface area (Å²) in [6, 6.07) is 6.21. The van der Waals surface area contributed by atoms with E-state index in [4.69, 9.17) is 9.84 Å². The van der Waals surface area contributed by atoms with Crippen molar-refractivity contribution in [1.29, 1.82) is 0 Å². The van der Waals surface area contributed by atoms with E-state index in [0.29, 0.717) is 11.7 Å².